The van der Waals surface area contributed by atoms with Crippen molar-refractivity contribution in [2.24, 2.45) is 11.3 Å². The first kappa shape index (κ1) is 16.5. The minimum absolute atomic E-state index is 0.178. The van der Waals surface area contributed by atoms with Crippen molar-refractivity contribution in [1.29, 1.82) is 0 Å². The van der Waals surface area contributed by atoms with E-state index in [0.29, 0.717) is 11.3 Å². The zero-order chi connectivity index (χ0) is 15.5. The van der Waals surface area contributed by atoms with Crippen molar-refractivity contribution >= 4 is 0 Å². The lowest BCUT2D eigenvalue weighted by Gasteiger charge is -2.44. The molecule has 0 radical (unpaired) electrons. The maximum atomic E-state index is 10.4. The monoisotopic (exact) mass is 289 g/mol. The SMILES string of the molecule is CCC(C)(C)C1CCC(O)C(N(C)Cc2ccccc2)C1. The number of nitrogens with zero attached hydrogens (tertiary/aromatic N) is 1. The minimum atomic E-state index is -0.178. The zero-order valence-corrected chi connectivity index (χ0v) is 14.0. The van der Waals surface area contributed by atoms with E-state index in [1.54, 1.807) is 0 Å². The van der Waals surface area contributed by atoms with E-state index in [-0.39, 0.29) is 12.1 Å². The van der Waals surface area contributed by atoms with Crippen LogP contribution in [0.5, 0.6) is 0 Å². The lowest BCUT2D eigenvalue weighted by atomic mass is 9.67. The van der Waals surface area contributed by atoms with Gasteiger partial charge >= 0.3 is 0 Å². The van der Waals surface area contributed by atoms with Crippen LogP contribution in [-0.2, 0) is 6.54 Å². The Hall–Kier alpha value is -0.860. The summed E-state index contributed by atoms with van der Waals surface area (Å²) in [6, 6.07) is 10.8. The van der Waals surface area contributed by atoms with Gasteiger partial charge in [0.2, 0.25) is 0 Å². The Morgan fingerprint density at radius 1 is 1.19 bits per heavy atom. The first-order valence-corrected chi connectivity index (χ1v) is 8.36. The average molecular weight is 289 g/mol. The van der Waals surface area contributed by atoms with Crippen molar-refractivity contribution in [2.45, 2.75) is 65.1 Å². The number of likely N-dealkylation sites (N-methyl/N-ethyl adjacent to an activating group) is 1. The molecule has 1 aliphatic carbocycles. The largest absolute Gasteiger partial charge is 0.391 e. The molecule has 1 aliphatic rings. The van der Waals surface area contributed by atoms with Crippen LogP contribution < -0.4 is 0 Å². The van der Waals surface area contributed by atoms with E-state index in [9.17, 15) is 5.11 Å². The van der Waals surface area contributed by atoms with E-state index in [1.165, 1.54) is 12.0 Å². The van der Waals surface area contributed by atoms with Crippen molar-refractivity contribution in [3.8, 4) is 0 Å². The lowest BCUT2D eigenvalue weighted by Crippen LogP contribution is -2.47. The highest BCUT2D eigenvalue weighted by atomic mass is 16.3. The number of rotatable bonds is 5. The molecular weight excluding hydrogens is 258 g/mol. The second-order valence-corrected chi connectivity index (χ2v) is 7.39. The lowest BCUT2D eigenvalue weighted by molar-refractivity contribution is -0.0144. The standard InChI is InChI=1S/C19H31NO/c1-5-19(2,3)16-11-12-18(21)17(13-16)20(4)14-15-9-7-6-8-10-15/h6-10,16-18,21H,5,11-14H2,1-4H3. The minimum Gasteiger partial charge on any atom is -0.391 e. The molecule has 3 unspecified atom stereocenters. The molecule has 21 heavy (non-hydrogen) atoms. The molecule has 0 aliphatic heterocycles. The van der Waals surface area contributed by atoms with Crippen LogP contribution >= 0.6 is 0 Å². The normalized spacial score (nSPS) is 27.0. The third-order valence-electron chi connectivity index (χ3n) is 5.64. The topological polar surface area (TPSA) is 23.5 Å². The van der Waals surface area contributed by atoms with Gasteiger partial charge < -0.3 is 5.11 Å². The summed E-state index contributed by atoms with van der Waals surface area (Å²) >= 11 is 0. The molecule has 3 atom stereocenters. The van der Waals surface area contributed by atoms with Crippen LogP contribution in [0.15, 0.2) is 30.3 Å². The van der Waals surface area contributed by atoms with Crippen molar-refractivity contribution in [2.75, 3.05) is 7.05 Å². The smallest absolute Gasteiger partial charge is 0.0695 e. The second kappa shape index (κ2) is 6.93. The first-order valence-electron chi connectivity index (χ1n) is 8.36. The highest BCUT2D eigenvalue weighted by Crippen LogP contribution is 2.41. The van der Waals surface area contributed by atoms with Gasteiger partial charge in [0.25, 0.3) is 0 Å². The Labute approximate surface area is 130 Å². The van der Waals surface area contributed by atoms with Crippen molar-refractivity contribution in [3.63, 3.8) is 0 Å². The molecule has 1 saturated carbocycles. The van der Waals surface area contributed by atoms with Crippen LogP contribution in [-0.4, -0.2) is 29.2 Å². The van der Waals surface area contributed by atoms with Crippen LogP contribution in [0.1, 0.15) is 52.0 Å². The highest BCUT2D eigenvalue weighted by molar-refractivity contribution is 5.14. The Morgan fingerprint density at radius 2 is 1.86 bits per heavy atom. The molecular formula is C19H31NO. The van der Waals surface area contributed by atoms with Crippen LogP contribution in [0.2, 0.25) is 0 Å². The molecule has 2 heteroatoms. The predicted octanol–water partition coefficient (Wildman–Crippen LogP) is 4.08. The summed E-state index contributed by atoms with van der Waals surface area (Å²) in [5.74, 6) is 0.717. The van der Waals surface area contributed by atoms with Crippen LogP contribution in [0.3, 0.4) is 0 Å². The van der Waals surface area contributed by atoms with E-state index in [0.717, 1.165) is 25.8 Å². The summed E-state index contributed by atoms with van der Waals surface area (Å²) in [5.41, 5.74) is 1.70. The van der Waals surface area contributed by atoms with Crippen LogP contribution in [0, 0.1) is 11.3 Å². The Kier molecular flexibility index (Phi) is 5.45. The molecule has 1 N–H and O–H groups in total. The molecule has 1 aromatic carbocycles. The van der Waals surface area contributed by atoms with Gasteiger partial charge in [-0.15, -0.1) is 0 Å². The third-order valence-corrected chi connectivity index (χ3v) is 5.64. The van der Waals surface area contributed by atoms with Gasteiger partial charge in [0.15, 0.2) is 0 Å². The molecule has 0 bridgehead atoms. The van der Waals surface area contributed by atoms with E-state index < -0.39 is 0 Å². The predicted molar refractivity (Wildman–Crippen MR) is 89.1 cm³/mol. The van der Waals surface area contributed by atoms with Crippen molar-refractivity contribution < 1.29 is 5.11 Å². The summed E-state index contributed by atoms with van der Waals surface area (Å²) in [4.78, 5) is 2.35. The van der Waals surface area contributed by atoms with E-state index >= 15 is 0 Å². The molecule has 0 heterocycles. The fourth-order valence-electron chi connectivity index (χ4n) is 3.59. The van der Waals surface area contributed by atoms with E-state index in [2.05, 4.69) is 63.1 Å². The molecule has 0 spiro atoms. The molecule has 2 nitrogen and oxygen atoms in total. The number of hydrogen-bond acceptors (Lipinski definition) is 2. The van der Waals surface area contributed by atoms with Gasteiger partial charge in [0.1, 0.15) is 0 Å². The summed E-state index contributed by atoms with van der Waals surface area (Å²) < 4.78 is 0. The summed E-state index contributed by atoms with van der Waals surface area (Å²) in [7, 11) is 2.15. The van der Waals surface area contributed by atoms with Gasteiger partial charge in [-0.25, -0.2) is 0 Å². The molecule has 0 saturated heterocycles. The number of hydrogen-bond donors (Lipinski definition) is 1. The van der Waals surface area contributed by atoms with Gasteiger partial charge in [-0.3, -0.25) is 4.90 Å². The number of aliphatic hydroxyl groups is 1. The van der Waals surface area contributed by atoms with Crippen LogP contribution in [0.25, 0.3) is 0 Å². The molecule has 0 aromatic heterocycles. The average Bonchev–Trinajstić information content (AvgIpc) is 2.48. The fraction of sp³-hybridized carbons (Fsp3) is 0.684. The Morgan fingerprint density at radius 3 is 2.48 bits per heavy atom. The Balaban J connectivity index is 2.02. The van der Waals surface area contributed by atoms with Gasteiger partial charge in [0, 0.05) is 12.6 Å². The van der Waals surface area contributed by atoms with Crippen molar-refractivity contribution in [1.82, 2.24) is 4.90 Å². The summed E-state index contributed by atoms with van der Waals surface area (Å²) in [6.07, 6.45) is 4.26. The van der Waals surface area contributed by atoms with Gasteiger partial charge in [-0.2, -0.15) is 0 Å². The maximum absolute atomic E-state index is 10.4. The second-order valence-electron chi connectivity index (χ2n) is 7.39. The zero-order valence-electron chi connectivity index (χ0n) is 14.0. The van der Waals surface area contributed by atoms with Crippen LogP contribution in [0.4, 0.5) is 0 Å². The van der Waals surface area contributed by atoms with E-state index in [1.807, 2.05) is 0 Å². The van der Waals surface area contributed by atoms with Gasteiger partial charge in [-0.05, 0) is 43.2 Å². The highest BCUT2D eigenvalue weighted by Gasteiger charge is 2.38. The number of aliphatic hydroxyl groups excluding tert-OH is 1. The Bertz CT molecular complexity index is 428. The third kappa shape index (κ3) is 4.08. The van der Waals surface area contributed by atoms with E-state index in [4.69, 9.17) is 0 Å². The summed E-state index contributed by atoms with van der Waals surface area (Å²) in [5, 5.41) is 10.4. The number of benzene rings is 1. The maximum Gasteiger partial charge on any atom is 0.0695 e. The molecule has 0 amide bonds. The van der Waals surface area contributed by atoms with Gasteiger partial charge in [0.05, 0.1) is 6.10 Å². The molecule has 2 rings (SSSR count). The first-order chi connectivity index (χ1) is 9.94. The van der Waals surface area contributed by atoms with Crippen molar-refractivity contribution in [3.05, 3.63) is 35.9 Å². The molecule has 1 aromatic rings. The molecule has 118 valence electrons. The van der Waals surface area contributed by atoms with Gasteiger partial charge in [-0.1, -0.05) is 57.5 Å². The quantitative estimate of drug-likeness (QED) is 0.882. The molecule has 1 fully saturated rings. The summed E-state index contributed by atoms with van der Waals surface area (Å²) in [6.45, 7) is 7.96. The fourth-order valence-corrected chi connectivity index (χ4v) is 3.59.